The lowest BCUT2D eigenvalue weighted by atomic mass is 9.82. The lowest BCUT2D eigenvalue weighted by Gasteiger charge is -2.30. The summed E-state index contributed by atoms with van der Waals surface area (Å²) >= 11 is 13.5. The van der Waals surface area contributed by atoms with E-state index < -0.39 is 17.9 Å². The highest BCUT2D eigenvalue weighted by Gasteiger charge is 2.41. The first kappa shape index (κ1) is 18.6. The van der Waals surface area contributed by atoms with Crippen LogP contribution >= 0.6 is 34.5 Å². The predicted molar refractivity (Wildman–Crippen MR) is 105 cm³/mol. The number of hydrogen-bond acceptors (Lipinski definition) is 5. The van der Waals surface area contributed by atoms with Gasteiger partial charge in [-0.1, -0.05) is 29.3 Å². The van der Waals surface area contributed by atoms with Gasteiger partial charge >= 0.3 is 5.97 Å². The first-order chi connectivity index (χ1) is 13.0. The third-order valence-corrected chi connectivity index (χ3v) is 6.75. The Balaban J connectivity index is 1.81. The number of nitrogens with zero attached hydrogens (tertiary/aromatic N) is 1. The maximum Gasteiger partial charge on any atom is 0.327 e. The molecular formula is C18H16Cl2N2O4S. The van der Waals surface area contributed by atoms with Gasteiger partial charge in [0, 0.05) is 19.0 Å². The Morgan fingerprint density at radius 2 is 1.96 bits per heavy atom. The summed E-state index contributed by atoms with van der Waals surface area (Å²) < 4.78 is 5.39. The van der Waals surface area contributed by atoms with Crippen molar-refractivity contribution in [2.24, 2.45) is 0 Å². The van der Waals surface area contributed by atoms with E-state index in [4.69, 9.17) is 27.9 Å². The number of hydrogen-bond donors (Lipinski definition) is 2. The number of carbonyl (C=O) groups excluding carboxylic acids is 1. The first-order valence-electron chi connectivity index (χ1n) is 8.40. The molecule has 2 atom stereocenters. The number of thiophene rings is 1. The molecule has 4 rings (SSSR count). The lowest BCUT2D eigenvalue weighted by Crippen LogP contribution is -2.48. The van der Waals surface area contributed by atoms with Gasteiger partial charge in [0.2, 0.25) is 0 Å². The highest BCUT2D eigenvalue weighted by atomic mass is 35.5. The second-order valence-corrected chi connectivity index (χ2v) is 8.25. The summed E-state index contributed by atoms with van der Waals surface area (Å²) in [4.78, 5) is 27.1. The zero-order valence-corrected chi connectivity index (χ0v) is 16.4. The number of carboxylic acid groups (broad SMARTS) is 1. The van der Waals surface area contributed by atoms with Gasteiger partial charge < -0.3 is 20.1 Å². The normalized spacial score (nSPS) is 22.3. The summed E-state index contributed by atoms with van der Waals surface area (Å²) in [6.45, 7) is 2.73. The number of amides is 1. The van der Waals surface area contributed by atoms with Gasteiger partial charge in [-0.15, -0.1) is 11.3 Å². The van der Waals surface area contributed by atoms with E-state index in [0.29, 0.717) is 39.3 Å². The molecular weight excluding hydrogens is 411 g/mol. The van der Waals surface area contributed by atoms with Crippen LogP contribution < -0.4 is 10.2 Å². The molecule has 1 aromatic carbocycles. The van der Waals surface area contributed by atoms with E-state index in [9.17, 15) is 14.7 Å². The van der Waals surface area contributed by atoms with Crippen LogP contribution in [0.15, 0.2) is 24.3 Å². The Hall–Kier alpha value is -1.80. The Bertz CT molecular complexity index is 911. The average Bonchev–Trinajstić information content (AvgIpc) is 3.10. The van der Waals surface area contributed by atoms with Gasteiger partial charge in [0.25, 0.3) is 5.91 Å². The molecule has 2 aliphatic rings. The van der Waals surface area contributed by atoms with Crippen molar-refractivity contribution >= 4 is 51.4 Å². The minimum absolute atomic E-state index is 0.348. The van der Waals surface area contributed by atoms with Crippen LogP contribution in [-0.4, -0.2) is 49.3 Å². The van der Waals surface area contributed by atoms with E-state index >= 15 is 0 Å². The number of rotatable bonds is 3. The van der Waals surface area contributed by atoms with Gasteiger partial charge in [-0.3, -0.25) is 4.79 Å². The molecule has 2 aliphatic heterocycles. The molecule has 1 aromatic heterocycles. The number of benzene rings is 1. The highest BCUT2D eigenvalue weighted by molar-refractivity contribution is 7.18. The molecule has 0 unspecified atom stereocenters. The number of aliphatic carboxylic acids is 1. The predicted octanol–water partition coefficient (Wildman–Crippen LogP) is 3.22. The third-order valence-electron chi connectivity index (χ3n) is 4.80. The number of morpholine rings is 1. The van der Waals surface area contributed by atoms with Crippen molar-refractivity contribution in [3.63, 3.8) is 0 Å². The van der Waals surface area contributed by atoms with Crippen molar-refractivity contribution < 1.29 is 19.4 Å². The van der Waals surface area contributed by atoms with Crippen LogP contribution in [0.3, 0.4) is 0 Å². The number of halogens is 2. The smallest absolute Gasteiger partial charge is 0.327 e. The fourth-order valence-electron chi connectivity index (χ4n) is 3.49. The van der Waals surface area contributed by atoms with Crippen LogP contribution in [0.5, 0.6) is 0 Å². The van der Waals surface area contributed by atoms with Crippen LogP contribution in [0, 0.1) is 0 Å². The fourth-order valence-corrected chi connectivity index (χ4v) is 4.96. The van der Waals surface area contributed by atoms with Crippen molar-refractivity contribution in [1.29, 1.82) is 0 Å². The fraction of sp³-hybridized carbons (Fsp3) is 0.333. The third kappa shape index (κ3) is 3.40. The molecule has 0 bridgehead atoms. The van der Waals surface area contributed by atoms with Crippen molar-refractivity contribution in [2.45, 2.75) is 12.0 Å². The minimum Gasteiger partial charge on any atom is -0.480 e. The van der Waals surface area contributed by atoms with Crippen LogP contribution in [0.25, 0.3) is 0 Å². The summed E-state index contributed by atoms with van der Waals surface area (Å²) in [7, 11) is 0. The van der Waals surface area contributed by atoms with Crippen LogP contribution in [0.1, 0.15) is 26.7 Å². The van der Waals surface area contributed by atoms with Crippen LogP contribution in [0.4, 0.5) is 5.00 Å². The van der Waals surface area contributed by atoms with E-state index in [0.717, 1.165) is 18.1 Å². The summed E-state index contributed by atoms with van der Waals surface area (Å²) in [6.07, 6.45) is 0. The summed E-state index contributed by atoms with van der Waals surface area (Å²) in [6, 6.07) is 5.91. The summed E-state index contributed by atoms with van der Waals surface area (Å²) in [5.74, 6) is -2.00. The van der Waals surface area contributed by atoms with Crippen molar-refractivity contribution in [1.82, 2.24) is 5.32 Å². The van der Waals surface area contributed by atoms with E-state index in [1.807, 2.05) is 6.07 Å². The Morgan fingerprint density at radius 3 is 2.63 bits per heavy atom. The van der Waals surface area contributed by atoms with E-state index in [1.165, 1.54) is 11.3 Å². The van der Waals surface area contributed by atoms with Gasteiger partial charge in [0.1, 0.15) is 6.04 Å². The van der Waals surface area contributed by atoms with Gasteiger partial charge in [0.05, 0.1) is 33.1 Å². The van der Waals surface area contributed by atoms with Gasteiger partial charge in [-0.05, 0) is 29.3 Å². The zero-order chi connectivity index (χ0) is 19.1. The number of anilines is 1. The summed E-state index contributed by atoms with van der Waals surface area (Å²) in [5, 5.41) is 14.0. The number of carboxylic acids is 1. The molecule has 0 saturated carbocycles. The number of carbonyl (C=O) groups is 2. The number of fused-ring (bicyclic) bond motifs is 1. The molecule has 2 aromatic rings. The molecule has 1 fully saturated rings. The Morgan fingerprint density at radius 1 is 1.22 bits per heavy atom. The standard InChI is InChI=1S/C18H16Cl2N2O4S/c19-11-2-1-9(7-12(11)20)14-10-8-13(22-3-5-26-6-4-22)27-16(10)17(23)21-15(14)18(24)25/h1-2,7-8,14-15H,3-6H2,(H,21,23)(H,24,25)/t14-,15-/m1/s1. The van der Waals surface area contributed by atoms with E-state index in [2.05, 4.69) is 10.2 Å². The minimum atomic E-state index is -1.09. The molecule has 0 spiro atoms. The van der Waals surface area contributed by atoms with Crippen LogP contribution in [-0.2, 0) is 9.53 Å². The second-order valence-electron chi connectivity index (χ2n) is 6.41. The molecule has 0 aliphatic carbocycles. The van der Waals surface area contributed by atoms with E-state index in [1.54, 1.807) is 18.2 Å². The highest BCUT2D eigenvalue weighted by Crippen LogP contribution is 2.42. The molecule has 6 nitrogen and oxygen atoms in total. The maximum absolute atomic E-state index is 12.5. The molecule has 9 heteroatoms. The SMILES string of the molecule is O=C1N[C@@H](C(=O)O)[C@H](c2ccc(Cl)c(Cl)c2)c2cc(N3CCOCC3)sc21. The number of ether oxygens (including phenoxy) is 1. The topological polar surface area (TPSA) is 78.9 Å². The average molecular weight is 427 g/mol. The molecule has 1 amide bonds. The maximum atomic E-state index is 12.5. The van der Waals surface area contributed by atoms with Crippen LogP contribution in [0.2, 0.25) is 10.0 Å². The Kier molecular flexibility index (Phi) is 5.03. The molecule has 1 saturated heterocycles. The molecule has 142 valence electrons. The van der Waals surface area contributed by atoms with Crippen molar-refractivity contribution in [3.05, 3.63) is 50.3 Å². The number of nitrogens with one attached hydrogen (secondary N) is 1. The van der Waals surface area contributed by atoms with Gasteiger partial charge in [-0.2, -0.15) is 0 Å². The Labute approximate surface area is 169 Å². The quantitative estimate of drug-likeness (QED) is 0.787. The molecule has 2 N–H and O–H groups in total. The second kappa shape index (κ2) is 7.31. The van der Waals surface area contributed by atoms with Crippen molar-refractivity contribution in [2.75, 3.05) is 31.2 Å². The monoisotopic (exact) mass is 426 g/mol. The molecule has 27 heavy (non-hydrogen) atoms. The van der Waals surface area contributed by atoms with Gasteiger partial charge in [-0.25, -0.2) is 4.79 Å². The van der Waals surface area contributed by atoms with Crippen molar-refractivity contribution in [3.8, 4) is 0 Å². The largest absolute Gasteiger partial charge is 0.480 e. The van der Waals surface area contributed by atoms with E-state index in [-0.39, 0.29) is 5.91 Å². The molecule has 3 heterocycles. The first-order valence-corrected chi connectivity index (χ1v) is 9.98. The lowest BCUT2D eigenvalue weighted by molar-refractivity contribution is -0.139. The molecule has 0 radical (unpaired) electrons. The van der Waals surface area contributed by atoms with Gasteiger partial charge in [0.15, 0.2) is 0 Å². The summed E-state index contributed by atoms with van der Waals surface area (Å²) in [5.41, 5.74) is 1.40. The zero-order valence-electron chi connectivity index (χ0n) is 14.1.